The van der Waals surface area contributed by atoms with Crippen molar-refractivity contribution in [3.8, 4) is 0 Å². The standard InChI is InChI=1S/C22H42N2O.ClH/c1-2-3-4-5-6-7-8-9-10-11-12-13-14-15-16-17-22-23-18-19-24(22)20-21-25;/h15-16,25H,2-14,17-21H2,1H3;1H. The van der Waals surface area contributed by atoms with E-state index in [1.54, 1.807) is 0 Å². The highest BCUT2D eigenvalue weighted by Gasteiger charge is 2.13. The van der Waals surface area contributed by atoms with Gasteiger partial charge < -0.3 is 10.0 Å². The molecule has 1 aliphatic rings. The van der Waals surface area contributed by atoms with Crippen LogP contribution < -0.4 is 0 Å². The van der Waals surface area contributed by atoms with Crippen molar-refractivity contribution in [1.29, 1.82) is 0 Å². The van der Waals surface area contributed by atoms with E-state index in [2.05, 4.69) is 29.0 Å². The van der Waals surface area contributed by atoms with Crippen LogP contribution in [0.4, 0.5) is 0 Å². The first kappa shape index (κ1) is 25.5. The highest BCUT2D eigenvalue weighted by Crippen LogP contribution is 2.13. The molecule has 0 aromatic heterocycles. The third kappa shape index (κ3) is 13.6. The lowest BCUT2D eigenvalue weighted by Gasteiger charge is -2.17. The summed E-state index contributed by atoms with van der Waals surface area (Å²) in [5.74, 6) is 1.15. The van der Waals surface area contributed by atoms with Gasteiger partial charge in [0, 0.05) is 19.5 Å². The molecule has 0 aromatic carbocycles. The lowest BCUT2D eigenvalue weighted by molar-refractivity contribution is 0.255. The quantitative estimate of drug-likeness (QED) is 0.240. The zero-order valence-electron chi connectivity index (χ0n) is 17.1. The van der Waals surface area contributed by atoms with Crippen molar-refractivity contribution in [3.63, 3.8) is 0 Å². The molecule has 0 unspecified atom stereocenters. The summed E-state index contributed by atoms with van der Waals surface area (Å²) in [4.78, 5) is 6.72. The van der Waals surface area contributed by atoms with E-state index in [1.165, 1.54) is 83.5 Å². The molecule has 0 aliphatic carbocycles. The number of allylic oxidation sites excluding steroid dienone is 1. The van der Waals surface area contributed by atoms with Crippen molar-refractivity contribution in [1.82, 2.24) is 4.90 Å². The van der Waals surface area contributed by atoms with Crippen LogP contribution in [0, 0.1) is 0 Å². The maximum absolute atomic E-state index is 9.03. The molecule has 0 amide bonds. The van der Waals surface area contributed by atoms with Gasteiger partial charge in [-0.25, -0.2) is 0 Å². The van der Waals surface area contributed by atoms with Gasteiger partial charge in [0.1, 0.15) is 5.84 Å². The van der Waals surface area contributed by atoms with Crippen LogP contribution in [-0.4, -0.2) is 42.1 Å². The van der Waals surface area contributed by atoms with E-state index in [9.17, 15) is 0 Å². The minimum atomic E-state index is 0. The minimum Gasteiger partial charge on any atom is -0.395 e. The van der Waals surface area contributed by atoms with Crippen LogP contribution in [0.25, 0.3) is 0 Å². The Morgan fingerprint density at radius 1 is 0.885 bits per heavy atom. The number of aliphatic imine (C=N–C) groups is 1. The first-order chi connectivity index (χ1) is 12.4. The highest BCUT2D eigenvalue weighted by atomic mass is 35.5. The Balaban J connectivity index is 0.00000625. The zero-order chi connectivity index (χ0) is 18.0. The molecular weight excluding hydrogens is 344 g/mol. The number of rotatable bonds is 17. The maximum Gasteiger partial charge on any atom is 0.103 e. The van der Waals surface area contributed by atoms with Crippen LogP contribution >= 0.6 is 12.4 Å². The van der Waals surface area contributed by atoms with Crippen LogP contribution in [-0.2, 0) is 0 Å². The second kappa shape index (κ2) is 19.2. The summed E-state index contributed by atoms with van der Waals surface area (Å²) in [6.07, 6.45) is 23.7. The fourth-order valence-corrected chi connectivity index (χ4v) is 3.49. The second-order valence-corrected chi connectivity index (χ2v) is 7.36. The van der Waals surface area contributed by atoms with E-state index in [1.807, 2.05) is 0 Å². The molecule has 3 nitrogen and oxygen atoms in total. The van der Waals surface area contributed by atoms with Gasteiger partial charge in [0.05, 0.1) is 13.2 Å². The number of unbranched alkanes of at least 4 members (excludes halogenated alkanes) is 12. The Hall–Kier alpha value is -0.540. The van der Waals surface area contributed by atoms with Gasteiger partial charge in [0.25, 0.3) is 0 Å². The fraction of sp³-hybridized carbons (Fsp3) is 0.864. The number of nitrogens with zero attached hydrogens (tertiary/aromatic N) is 2. The van der Waals surface area contributed by atoms with E-state index >= 15 is 0 Å². The van der Waals surface area contributed by atoms with E-state index in [0.717, 1.165) is 31.9 Å². The van der Waals surface area contributed by atoms with Gasteiger partial charge in [-0.05, 0) is 12.8 Å². The summed E-state index contributed by atoms with van der Waals surface area (Å²) in [5, 5.41) is 9.03. The van der Waals surface area contributed by atoms with Gasteiger partial charge in [0.2, 0.25) is 0 Å². The van der Waals surface area contributed by atoms with Gasteiger partial charge in [-0.15, -0.1) is 12.4 Å². The third-order valence-electron chi connectivity index (χ3n) is 5.09. The molecule has 26 heavy (non-hydrogen) atoms. The van der Waals surface area contributed by atoms with Gasteiger partial charge in [-0.3, -0.25) is 4.99 Å². The molecule has 1 heterocycles. The number of amidine groups is 1. The summed E-state index contributed by atoms with van der Waals surface area (Å²) in [6, 6.07) is 0. The molecule has 1 rings (SSSR count). The number of β-amino-alcohol motifs (C(OH)–C–C–N with tert-alkyl or cyclic N) is 1. The molecule has 0 saturated carbocycles. The van der Waals surface area contributed by atoms with Crippen molar-refractivity contribution in [2.75, 3.05) is 26.2 Å². The van der Waals surface area contributed by atoms with Crippen LogP contribution in [0.2, 0.25) is 0 Å². The molecule has 0 radical (unpaired) electrons. The molecule has 0 saturated heterocycles. The largest absolute Gasteiger partial charge is 0.395 e. The highest BCUT2D eigenvalue weighted by molar-refractivity contribution is 5.85. The monoisotopic (exact) mass is 386 g/mol. The zero-order valence-corrected chi connectivity index (χ0v) is 17.9. The van der Waals surface area contributed by atoms with E-state index in [-0.39, 0.29) is 19.0 Å². The lowest BCUT2D eigenvalue weighted by Crippen LogP contribution is -2.30. The molecule has 154 valence electrons. The number of aliphatic hydroxyl groups excluding tert-OH is 1. The first-order valence-electron chi connectivity index (χ1n) is 10.9. The number of halogens is 1. The number of hydrogen-bond acceptors (Lipinski definition) is 3. The first-order valence-corrected chi connectivity index (χ1v) is 10.9. The van der Waals surface area contributed by atoms with Crippen LogP contribution in [0.5, 0.6) is 0 Å². The summed E-state index contributed by atoms with van der Waals surface area (Å²) < 4.78 is 0. The third-order valence-corrected chi connectivity index (χ3v) is 5.09. The van der Waals surface area contributed by atoms with Crippen molar-refractivity contribution in [2.24, 2.45) is 4.99 Å². The Labute approximate surface area is 168 Å². The van der Waals surface area contributed by atoms with Gasteiger partial charge in [0.15, 0.2) is 0 Å². The number of hydrogen-bond donors (Lipinski definition) is 1. The summed E-state index contributed by atoms with van der Waals surface area (Å²) in [6.45, 7) is 5.10. The Kier molecular flexibility index (Phi) is 18.8. The van der Waals surface area contributed by atoms with E-state index < -0.39 is 0 Å². The van der Waals surface area contributed by atoms with Crippen molar-refractivity contribution in [2.45, 2.75) is 96.8 Å². The molecule has 0 bridgehead atoms. The minimum absolute atomic E-state index is 0. The molecule has 0 aromatic rings. The van der Waals surface area contributed by atoms with Crippen molar-refractivity contribution < 1.29 is 5.11 Å². The van der Waals surface area contributed by atoms with Gasteiger partial charge in [-0.1, -0.05) is 89.7 Å². The predicted octanol–water partition coefficient (Wildman–Crippen LogP) is 6.15. The van der Waals surface area contributed by atoms with Crippen LogP contribution in [0.3, 0.4) is 0 Å². The van der Waals surface area contributed by atoms with E-state index in [4.69, 9.17) is 5.11 Å². The van der Waals surface area contributed by atoms with Crippen molar-refractivity contribution >= 4 is 18.2 Å². The summed E-state index contributed by atoms with van der Waals surface area (Å²) in [5.41, 5.74) is 0. The SMILES string of the molecule is CCCCCCCCCCCCCCC=CCC1=NCCN1CCO.Cl. The van der Waals surface area contributed by atoms with Crippen LogP contribution in [0.1, 0.15) is 96.8 Å². The predicted molar refractivity (Wildman–Crippen MR) is 118 cm³/mol. The lowest BCUT2D eigenvalue weighted by atomic mass is 10.0. The smallest absolute Gasteiger partial charge is 0.103 e. The average Bonchev–Trinajstić information content (AvgIpc) is 3.06. The van der Waals surface area contributed by atoms with E-state index in [0.29, 0.717) is 0 Å². The fourth-order valence-electron chi connectivity index (χ4n) is 3.49. The molecule has 0 spiro atoms. The Morgan fingerprint density at radius 2 is 1.46 bits per heavy atom. The molecule has 0 atom stereocenters. The molecule has 0 fully saturated rings. The molecule has 1 aliphatic heterocycles. The molecule has 4 heteroatoms. The topological polar surface area (TPSA) is 35.8 Å². The Morgan fingerprint density at radius 3 is 2.04 bits per heavy atom. The van der Waals surface area contributed by atoms with Gasteiger partial charge in [-0.2, -0.15) is 0 Å². The van der Waals surface area contributed by atoms with Crippen molar-refractivity contribution in [3.05, 3.63) is 12.2 Å². The molecular formula is C22H43ClN2O. The normalized spacial score (nSPS) is 14.1. The second-order valence-electron chi connectivity index (χ2n) is 7.36. The maximum atomic E-state index is 9.03. The summed E-state index contributed by atoms with van der Waals surface area (Å²) >= 11 is 0. The summed E-state index contributed by atoms with van der Waals surface area (Å²) in [7, 11) is 0. The van der Waals surface area contributed by atoms with Crippen LogP contribution in [0.15, 0.2) is 17.1 Å². The Bertz CT molecular complexity index is 358. The number of aliphatic hydroxyl groups is 1. The average molecular weight is 387 g/mol. The van der Waals surface area contributed by atoms with Gasteiger partial charge >= 0.3 is 0 Å². The molecule has 1 N–H and O–H groups in total.